The molecule has 0 atom stereocenters. The van der Waals surface area contributed by atoms with Crippen LogP contribution in [0.2, 0.25) is 0 Å². The Morgan fingerprint density at radius 3 is 2.12 bits per heavy atom. The number of aromatic nitrogens is 1. The van der Waals surface area contributed by atoms with Crippen LogP contribution in [0.1, 0.15) is 32.8 Å². The van der Waals surface area contributed by atoms with Crippen molar-refractivity contribution in [3.8, 4) is 0 Å². The largest absolute Gasteiger partial charge is 0.334 e. The van der Waals surface area contributed by atoms with Crippen LogP contribution in [0.5, 0.6) is 0 Å². The molecular weight excluding hydrogens is 326 g/mol. The zero-order valence-corrected chi connectivity index (χ0v) is 13.5. The molecule has 0 saturated heterocycles. The number of hydrogen-bond acceptors (Lipinski definition) is 5. The molecule has 25 heavy (non-hydrogen) atoms. The minimum atomic E-state index is -0.720. The lowest BCUT2D eigenvalue weighted by molar-refractivity contribution is -0.386. The number of nitrogens with zero attached hydrogens (tertiary/aromatic N) is 3. The molecule has 0 spiro atoms. The Kier molecular flexibility index (Phi) is 4.18. The van der Waals surface area contributed by atoms with Crippen molar-refractivity contribution in [2.75, 3.05) is 6.54 Å². The minimum absolute atomic E-state index is 0.140. The van der Waals surface area contributed by atoms with Crippen molar-refractivity contribution in [2.24, 2.45) is 0 Å². The molecule has 0 unspecified atom stereocenters. The van der Waals surface area contributed by atoms with E-state index in [0.29, 0.717) is 23.2 Å². The number of aryl methyl sites for hydroxylation is 1. The molecule has 2 aromatic rings. The lowest BCUT2D eigenvalue weighted by atomic mass is 10.1. The number of amides is 2. The highest BCUT2D eigenvalue weighted by atomic mass is 16.6. The van der Waals surface area contributed by atoms with Gasteiger partial charge in [-0.05, 0) is 31.5 Å². The number of rotatable bonds is 5. The van der Waals surface area contributed by atoms with Gasteiger partial charge in [0.2, 0.25) is 0 Å². The molecule has 0 aliphatic carbocycles. The number of hydrogen-bond donors (Lipinski definition) is 0. The third-order valence-electron chi connectivity index (χ3n) is 4.21. The van der Waals surface area contributed by atoms with E-state index in [9.17, 15) is 24.5 Å². The van der Waals surface area contributed by atoms with Crippen LogP contribution >= 0.6 is 0 Å². The fourth-order valence-corrected chi connectivity index (χ4v) is 2.91. The molecule has 2 amide bonds. The number of fused-ring (bicyclic) bond motifs is 1. The summed E-state index contributed by atoms with van der Waals surface area (Å²) in [5.74, 6) is -0.715. The third kappa shape index (κ3) is 2.82. The highest BCUT2D eigenvalue weighted by Gasteiger charge is 2.34. The van der Waals surface area contributed by atoms with Crippen LogP contribution in [0.4, 0.5) is 5.69 Å². The maximum atomic E-state index is 12.3. The fourth-order valence-electron chi connectivity index (χ4n) is 2.91. The van der Waals surface area contributed by atoms with Crippen molar-refractivity contribution < 1.29 is 14.5 Å². The van der Waals surface area contributed by atoms with Gasteiger partial charge in [-0.3, -0.25) is 29.4 Å². The average molecular weight is 341 g/mol. The molecule has 1 aromatic carbocycles. The Hall–Kier alpha value is -3.29. The van der Waals surface area contributed by atoms with Crippen LogP contribution in [0.15, 0.2) is 41.2 Å². The Morgan fingerprint density at radius 2 is 1.56 bits per heavy atom. The zero-order chi connectivity index (χ0) is 18.1. The van der Waals surface area contributed by atoms with Crippen molar-refractivity contribution in [1.29, 1.82) is 0 Å². The Labute approximate surface area is 142 Å². The second-order valence-electron chi connectivity index (χ2n) is 5.73. The van der Waals surface area contributed by atoms with E-state index in [4.69, 9.17) is 0 Å². The molecule has 1 aromatic heterocycles. The maximum Gasteiger partial charge on any atom is 0.334 e. The van der Waals surface area contributed by atoms with Crippen LogP contribution in [-0.2, 0) is 6.54 Å². The fraction of sp³-hybridized carbons (Fsp3) is 0.235. The molecule has 8 heteroatoms. The summed E-state index contributed by atoms with van der Waals surface area (Å²) in [4.78, 5) is 48.0. The molecule has 1 aliphatic rings. The summed E-state index contributed by atoms with van der Waals surface area (Å²) in [6, 6.07) is 9.27. The summed E-state index contributed by atoms with van der Waals surface area (Å²) in [6.45, 7) is 1.99. The quantitative estimate of drug-likeness (QED) is 0.468. The van der Waals surface area contributed by atoms with Gasteiger partial charge >= 0.3 is 11.2 Å². The molecule has 0 N–H and O–H groups in total. The average Bonchev–Trinajstić information content (AvgIpc) is 2.82. The van der Waals surface area contributed by atoms with Crippen molar-refractivity contribution >= 4 is 17.5 Å². The molecular formula is C17H15N3O5. The van der Waals surface area contributed by atoms with Gasteiger partial charge in [-0.2, -0.15) is 0 Å². The SMILES string of the molecule is Cc1ccc([N+](=O)[O-])c(=O)n1CCCN1C(=O)c2ccccc2C1=O. The molecule has 2 heterocycles. The standard InChI is InChI=1S/C17H15N3O5/c1-11-7-8-14(20(24)25)17(23)18(11)9-4-10-19-15(21)12-5-2-3-6-13(12)16(19)22/h2-3,5-8H,4,9-10H2,1H3. The summed E-state index contributed by atoms with van der Waals surface area (Å²) < 4.78 is 1.29. The van der Waals surface area contributed by atoms with Crippen molar-refractivity contribution in [3.05, 3.63) is 73.7 Å². The number of carbonyl (C=O) groups is 2. The normalized spacial score (nSPS) is 13.2. The number of benzene rings is 1. The molecule has 0 bridgehead atoms. The molecule has 3 rings (SSSR count). The molecule has 0 fully saturated rings. The highest BCUT2D eigenvalue weighted by molar-refractivity contribution is 6.21. The number of carbonyl (C=O) groups excluding carboxylic acids is 2. The van der Waals surface area contributed by atoms with Gasteiger partial charge in [0.05, 0.1) is 16.1 Å². The van der Waals surface area contributed by atoms with Crippen LogP contribution in [-0.4, -0.2) is 32.7 Å². The summed E-state index contributed by atoms with van der Waals surface area (Å²) in [5, 5.41) is 10.9. The van der Waals surface area contributed by atoms with Gasteiger partial charge in [-0.1, -0.05) is 12.1 Å². The first-order valence-corrected chi connectivity index (χ1v) is 7.72. The molecule has 0 saturated carbocycles. The third-order valence-corrected chi connectivity index (χ3v) is 4.21. The summed E-state index contributed by atoms with van der Waals surface area (Å²) in [5.41, 5.74) is 0.143. The molecule has 128 valence electrons. The Bertz CT molecular complexity index is 913. The molecule has 1 aliphatic heterocycles. The van der Waals surface area contributed by atoms with Crippen LogP contribution in [0, 0.1) is 17.0 Å². The van der Waals surface area contributed by atoms with Gasteiger partial charge in [-0.25, -0.2) is 0 Å². The van der Waals surface area contributed by atoms with Crippen molar-refractivity contribution in [3.63, 3.8) is 0 Å². The second-order valence-corrected chi connectivity index (χ2v) is 5.73. The van der Waals surface area contributed by atoms with Gasteiger partial charge in [0.25, 0.3) is 11.8 Å². The first-order chi connectivity index (χ1) is 11.9. The first-order valence-electron chi connectivity index (χ1n) is 7.72. The van der Waals surface area contributed by atoms with E-state index in [-0.39, 0.29) is 24.9 Å². The lowest BCUT2D eigenvalue weighted by Crippen LogP contribution is -2.32. The zero-order valence-electron chi connectivity index (χ0n) is 13.5. The van der Waals surface area contributed by atoms with Gasteiger partial charge in [0, 0.05) is 24.8 Å². The molecule has 0 radical (unpaired) electrons. The van der Waals surface area contributed by atoms with E-state index in [1.165, 1.54) is 16.7 Å². The van der Waals surface area contributed by atoms with E-state index in [1.807, 2.05) is 0 Å². The number of pyridine rings is 1. The maximum absolute atomic E-state index is 12.3. The van der Waals surface area contributed by atoms with Crippen LogP contribution in [0.25, 0.3) is 0 Å². The van der Waals surface area contributed by atoms with Gasteiger partial charge in [0.1, 0.15) is 0 Å². The van der Waals surface area contributed by atoms with Gasteiger partial charge in [-0.15, -0.1) is 0 Å². The van der Waals surface area contributed by atoms with Crippen LogP contribution < -0.4 is 5.56 Å². The van der Waals surface area contributed by atoms with Crippen molar-refractivity contribution in [1.82, 2.24) is 9.47 Å². The number of imide groups is 1. The van der Waals surface area contributed by atoms with Crippen molar-refractivity contribution in [2.45, 2.75) is 19.9 Å². The van der Waals surface area contributed by atoms with Crippen LogP contribution in [0.3, 0.4) is 0 Å². The lowest BCUT2D eigenvalue weighted by Gasteiger charge is -2.15. The summed E-state index contributed by atoms with van der Waals surface area (Å²) in [7, 11) is 0. The summed E-state index contributed by atoms with van der Waals surface area (Å²) in [6.07, 6.45) is 0.327. The number of nitro groups is 1. The van der Waals surface area contributed by atoms with E-state index >= 15 is 0 Å². The smallest absolute Gasteiger partial charge is 0.307 e. The van der Waals surface area contributed by atoms with E-state index in [2.05, 4.69) is 0 Å². The highest BCUT2D eigenvalue weighted by Crippen LogP contribution is 2.22. The minimum Gasteiger partial charge on any atom is -0.307 e. The Morgan fingerprint density at radius 1 is 0.960 bits per heavy atom. The van der Waals surface area contributed by atoms with Gasteiger partial charge < -0.3 is 4.57 Å². The monoisotopic (exact) mass is 341 g/mol. The predicted molar refractivity (Wildman–Crippen MR) is 88.5 cm³/mol. The first kappa shape index (κ1) is 16.6. The second kappa shape index (κ2) is 6.31. The van der Waals surface area contributed by atoms with E-state index in [1.54, 1.807) is 31.2 Å². The Balaban J connectivity index is 1.74. The summed E-state index contributed by atoms with van der Waals surface area (Å²) >= 11 is 0. The predicted octanol–water partition coefficient (Wildman–Crippen LogP) is 1.75. The van der Waals surface area contributed by atoms with Gasteiger partial charge in [0.15, 0.2) is 0 Å². The van der Waals surface area contributed by atoms with E-state index in [0.717, 1.165) is 4.90 Å². The molecule has 8 nitrogen and oxygen atoms in total. The topological polar surface area (TPSA) is 103 Å². The van der Waals surface area contributed by atoms with E-state index < -0.39 is 16.2 Å².